The summed E-state index contributed by atoms with van der Waals surface area (Å²) >= 11 is 0. The van der Waals surface area contributed by atoms with E-state index >= 15 is 0 Å². The van der Waals surface area contributed by atoms with E-state index in [1.807, 2.05) is 0 Å². The molecule has 0 radical (unpaired) electrons. The van der Waals surface area contributed by atoms with Gasteiger partial charge in [-0.25, -0.2) is 4.79 Å². The lowest BCUT2D eigenvalue weighted by molar-refractivity contribution is -0.297. The second-order valence-corrected chi connectivity index (χ2v) is 9.40. The normalized spacial score (nSPS) is 37.5. The SMILES string of the molecule is COC(=O)C1=C2C3=C(CCC3)C[C@H]2[C@@H]2CC3(C[C@H]12)OCC(C)(C)CO3. The molecule has 0 unspecified atom stereocenters. The van der Waals surface area contributed by atoms with Crippen molar-refractivity contribution in [2.24, 2.45) is 23.2 Å². The first-order valence-corrected chi connectivity index (χ1v) is 9.75. The molecule has 0 aromatic rings. The molecule has 0 aromatic carbocycles. The highest BCUT2D eigenvalue weighted by atomic mass is 16.7. The number of methoxy groups -OCH3 is 1. The predicted octanol–water partition coefficient (Wildman–Crippen LogP) is 3.77. The predicted molar refractivity (Wildman–Crippen MR) is 92.7 cm³/mol. The summed E-state index contributed by atoms with van der Waals surface area (Å²) < 4.78 is 17.8. The smallest absolute Gasteiger partial charge is 0.334 e. The molecule has 0 aromatic heterocycles. The van der Waals surface area contributed by atoms with Crippen LogP contribution in [0.15, 0.2) is 22.3 Å². The molecule has 1 heterocycles. The second kappa shape index (κ2) is 5.20. The van der Waals surface area contributed by atoms with Crippen molar-refractivity contribution in [2.75, 3.05) is 20.3 Å². The molecular weight excluding hydrogens is 316 g/mol. The Kier molecular flexibility index (Phi) is 3.34. The molecule has 0 N–H and O–H groups in total. The fraction of sp³-hybridized carbons (Fsp3) is 0.762. The van der Waals surface area contributed by atoms with Crippen molar-refractivity contribution >= 4 is 5.97 Å². The lowest BCUT2D eigenvalue weighted by Gasteiger charge is -2.42. The lowest BCUT2D eigenvalue weighted by Crippen LogP contribution is -2.46. The molecule has 1 saturated heterocycles. The Morgan fingerprint density at radius 1 is 1.12 bits per heavy atom. The summed E-state index contributed by atoms with van der Waals surface area (Å²) in [5.41, 5.74) is 5.50. The summed E-state index contributed by atoms with van der Waals surface area (Å²) in [6.07, 6.45) is 6.48. The van der Waals surface area contributed by atoms with E-state index < -0.39 is 5.79 Å². The van der Waals surface area contributed by atoms with Crippen LogP contribution in [0.4, 0.5) is 0 Å². The fourth-order valence-corrected chi connectivity index (χ4v) is 6.03. The minimum Gasteiger partial charge on any atom is -0.466 e. The topological polar surface area (TPSA) is 44.8 Å². The molecule has 136 valence electrons. The van der Waals surface area contributed by atoms with Crippen LogP contribution >= 0.6 is 0 Å². The number of ether oxygens (including phenoxy) is 3. The molecule has 4 aliphatic carbocycles. The van der Waals surface area contributed by atoms with Crippen LogP contribution in [0, 0.1) is 23.2 Å². The van der Waals surface area contributed by atoms with Gasteiger partial charge in [-0.05, 0) is 48.7 Å². The molecule has 2 fully saturated rings. The third kappa shape index (κ3) is 2.23. The van der Waals surface area contributed by atoms with Gasteiger partial charge in [-0.2, -0.15) is 0 Å². The molecule has 25 heavy (non-hydrogen) atoms. The van der Waals surface area contributed by atoms with Crippen LogP contribution in [0.5, 0.6) is 0 Å². The minimum absolute atomic E-state index is 0.0746. The molecular formula is C21H28O4. The number of allylic oxidation sites excluding steroid dienone is 3. The average molecular weight is 344 g/mol. The number of hydrogen-bond donors (Lipinski definition) is 0. The lowest BCUT2D eigenvalue weighted by atomic mass is 9.85. The van der Waals surface area contributed by atoms with Gasteiger partial charge in [0.15, 0.2) is 5.79 Å². The minimum atomic E-state index is -0.483. The van der Waals surface area contributed by atoms with E-state index in [4.69, 9.17) is 14.2 Å². The van der Waals surface area contributed by atoms with E-state index in [0.29, 0.717) is 11.8 Å². The van der Waals surface area contributed by atoms with Crippen LogP contribution in [-0.2, 0) is 19.0 Å². The van der Waals surface area contributed by atoms with E-state index in [0.717, 1.165) is 44.5 Å². The van der Waals surface area contributed by atoms with Crippen LogP contribution in [0.1, 0.15) is 52.4 Å². The van der Waals surface area contributed by atoms with E-state index in [-0.39, 0.29) is 17.3 Å². The van der Waals surface area contributed by atoms with Crippen LogP contribution < -0.4 is 0 Å². The van der Waals surface area contributed by atoms with Gasteiger partial charge in [-0.1, -0.05) is 19.4 Å². The van der Waals surface area contributed by atoms with Gasteiger partial charge in [-0.15, -0.1) is 0 Å². The zero-order chi connectivity index (χ0) is 17.4. The third-order valence-electron chi connectivity index (χ3n) is 7.12. The van der Waals surface area contributed by atoms with Crippen molar-refractivity contribution in [3.63, 3.8) is 0 Å². The Bertz CT molecular complexity index is 689. The molecule has 3 atom stereocenters. The van der Waals surface area contributed by atoms with E-state index in [1.54, 1.807) is 5.57 Å². The summed E-state index contributed by atoms with van der Waals surface area (Å²) in [7, 11) is 1.51. The number of rotatable bonds is 1. The molecule has 5 aliphatic rings. The summed E-state index contributed by atoms with van der Waals surface area (Å²) in [6, 6.07) is 0. The molecule has 1 aliphatic heterocycles. The molecule has 4 nitrogen and oxygen atoms in total. The zero-order valence-corrected chi connectivity index (χ0v) is 15.5. The van der Waals surface area contributed by atoms with Gasteiger partial charge in [0.05, 0.1) is 20.3 Å². The van der Waals surface area contributed by atoms with Gasteiger partial charge in [-0.3, -0.25) is 0 Å². The summed E-state index contributed by atoms with van der Waals surface area (Å²) in [4.78, 5) is 12.7. The molecule has 0 bridgehead atoms. The van der Waals surface area contributed by atoms with Gasteiger partial charge in [0, 0.05) is 29.7 Å². The first-order chi connectivity index (χ1) is 11.9. The van der Waals surface area contributed by atoms with Crippen LogP contribution in [0.2, 0.25) is 0 Å². The van der Waals surface area contributed by atoms with Crippen molar-refractivity contribution < 1.29 is 19.0 Å². The Labute approximate surface area is 149 Å². The van der Waals surface area contributed by atoms with Crippen LogP contribution in [0.3, 0.4) is 0 Å². The van der Waals surface area contributed by atoms with Crippen molar-refractivity contribution in [3.05, 3.63) is 22.3 Å². The Hall–Kier alpha value is -1.13. The fourth-order valence-electron chi connectivity index (χ4n) is 6.03. The monoisotopic (exact) mass is 344 g/mol. The highest BCUT2D eigenvalue weighted by Crippen LogP contribution is 2.63. The summed E-state index contributed by atoms with van der Waals surface area (Å²) in [5, 5.41) is 0. The van der Waals surface area contributed by atoms with Crippen molar-refractivity contribution in [1.29, 1.82) is 0 Å². The van der Waals surface area contributed by atoms with Gasteiger partial charge >= 0.3 is 5.97 Å². The Balaban J connectivity index is 1.49. The molecule has 1 spiro atoms. The van der Waals surface area contributed by atoms with Gasteiger partial charge in [0.1, 0.15) is 0 Å². The molecule has 5 rings (SSSR count). The zero-order valence-electron chi connectivity index (χ0n) is 15.5. The highest BCUT2D eigenvalue weighted by molar-refractivity contribution is 5.92. The highest BCUT2D eigenvalue weighted by Gasteiger charge is 2.60. The molecule has 1 saturated carbocycles. The first kappa shape index (κ1) is 16.1. The van der Waals surface area contributed by atoms with Crippen molar-refractivity contribution in [1.82, 2.24) is 0 Å². The maximum Gasteiger partial charge on any atom is 0.334 e. The van der Waals surface area contributed by atoms with Crippen LogP contribution in [-0.4, -0.2) is 32.1 Å². The average Bonchev–Trinajstić information content (AvgIpc) is 3.28. The van der Waals surface area contributed by atoms with Crippen molar-refractivity contribution in [2.45, 2.75) is 58.2 Å². The second-order valence-electron chi connectivity index (χ2n) is 9.40. The number of fused-ring (bicyclic) bond motifs is 4. The maximum atomic E-state index is 12.7. The van der Waals surface area contributed by atoms with Crippen LogP contribution in [0.25, 0.3) is 0 Å². The third-order valence-corrected chi connectivity index (χ3v) is 7.12. The van der Waals surface area contributed by atoms with E-state index in [2.05, 4.69) is 13.8 Å². The summed E-state index contributed by atoms with van der Waals surface area (Å²) in [6.45, 7) is 5.82. The van der Waals surface area contributed by atoms with Crippen molar-refractivity contribution in [3.8, 4) is 0 Å². The number of carbonyl (C=O) groups excluding carboxylic acids is 1. The number of hydrogen-bond acceptors (Lipinski definition) is 4. The quantitative estimate of drug-likeness (QED) is 0.679. The Morgan fingerprint density at radius 3 is 2.60 bits per heavy atom. The molecule has 4 heteroatoms. The first-order valence-electron chi connectivity index (χ1n) is 9.75. The van der Waals surface area contributed by atoms with Gasteiger partial charge < -0.3 is 14.2 Å². The number of carbonyl (C=O) groups is 1. The molecule has 0 amide bonds. The maximum absolute atomic E-state index is 12.7. The van der Waals surface area contributed by atoms with E-state index in [1.165, 1.54) is 31.1 Å². The van der Waals surface area contributed by atoms with Gasteiger partial charge in [0.25, 0.3) is 0 Å². The standard InChI is InChI=1S/C21H28O4/c1-20(2)10-24-21(25-11-20)8-15-14-7-12-5-4-6-13(12)17(14)18(16(15)9-21)19(22)23-3/h14-16H,4-11H2,1-3H3/t14-,15-,16-/m0/s1. The Morgan fingerprint density at radius 2 is 1.88 bits per heavy atom. The largest absolute Gasteiger partial charge is 0.466 e. The summed E-state index contributed by atoms with van der Waals surface area (Å²) in [5.74, 6) is 0.592. The van der Waals surface area contributed by atoms with Gasteiger partial charge in [0.2, 0.25) is 0 Å². The number of esters is 1. The van der Waals surface area contributed by atoms with E-state index in [9.17, 15) is 4.79 Å².